The van der Waals surface area contributed by atoms with Crippen LogP contribution in [-0.2, 0) is 0 Å². The Kier molecular flexibility index (Phi) is 6.43. The normalized spacial score (nSPS) is 13.4. The van der Waals surface area contributed by atoms with Gasteiger partial charge in [0.15, 0.2) is 0 Å². The van der Waals surface area contributed by atoms with E-state index in [-0.39, 0.29) is 19.3 Å². The average molecular weight is 160 g/mol. The second-order valence-electron chi connectivity index (χ2n) is 2.85. The smallest absolute Gasteiger partial charge is 0.346 e. The lowest BCUT2D eigenvalue weighted by Gasteiger charge is -2.15. The minimum atomic E-state index is -0.231. The molecule has 0 aromatic carbocycles. The molecule has 0 saturated heterocycles. The van der Waals surface area contributed by atoms with Crippen LogP contribution in [0.5, 0.6) is 0 Å². The molecule has 0 bridgehead atoms. The fraction of sp³-hybridized carbons (Fsp3) is 1.00. The topological polar surface area (TPSA) is 3.24 Å². The van der Waals surface area contributed by atoms with Gasteiger partial charge in [0.1, 0.15) is 0 Å². The van der Waals surface area contributed by atoms with Crippen molar-refractivity contribution in [3.63, 3.8) is 0 Å². The minimum absolute atomic E-state index is 0.231. The maximum atomic E-state index is 5.70. The van der Waals surface area contributed by atoms with Gasteiger partial charge in [-0.25, -0.2) is 0 Å². The second-order valence-corrected chi connectivity index (χ2v) is 4.93. The van der Waals surface area contributed by atoms with E-state index >= 15 is 0 Å². The summed E-state index contributed by atoms with van der Waals surface area (Å²) in [5, 5.41) is 0. The second kappa shape index (κ2) is 5.78. The van der Waals surface area contributed by atoms with Crippen LogP contribution in [0.2, 0.25) is 4.55 Å². The van der Waals surface area contributed by atoms with Gasteiger partial charge >= 0.3 is 19.3 Å². The van der Waals surface area contributed by atoms with Crippen LogP contribution in [0.3, 0.4) is 0 Å². The third-order valence-electron chi connectivity index (χ3n) is 1.28. The van der Waals surface area contributed by atoms with E-state index in [9.17, 15) is 0 Å². The number of nitrogens with zero attached hydrogens (tertiary/aromatic N) is 1. The van der Waals surface area contributed by atoms with Gasteiger partial charge in [0.05, 0.1) is 0 Å². The fourth-order valence-corrected chi connectivity index (χ4v) is 2.57. The van der Waals surface area contributed by atoms with E-state index in [2.05, 4.69) is 25.9 Å². The van der Waals surface area contributed by atoms with E-state index < -0.39 is 0 Å². The van der Waals surface area contributed by atoms with Crippen LogP contribution < -0.4 is 0 Å². The molecule has 52 valence electrons. The molecule has 9 heavy (non-hydrogen) atoms. The largest absolute Gasteiger partial charge is 0.501 e. The molecule has 0 amide bonds. The van der Waals surface area contributed by atoms with Crippen molar-refractivity contribution in [3.05, 3.63) is 0 Å². The highest BCUT2D eigenvalue weighted by Crippen LogP contribution is 2.02. The molecule has 1 nitrogen and oxygen atoms in total. The molecule has 0 spiro atoms. The van der Waals surface area contributed by atoms with Gasteiger partial charge < -0.3 is 14.0 Å². The Labute approximate surface area is 71.2 Å². The van der Waals surface area contributed by atoms with E-state index in [0.717, 1.165) is 5.92 Å². The number of halogens is 1. The molecule has 0 aliphatic heterocycles. The first kappa shape index (κ1) is 10.0. The standard InChI is InChI=1S/C6H14N.ClH.Mg/c1-6(2)5-7(3)4;;/h6H,1,5H2,2-4H3;1H;/q;;+1/p-1. The lowest BCUT2D eigenvalue weighted by Crippen LogP contribution is -2.19. The quantitative estimate of drug-likeness (QED) is 0.562. The molecule has 1 unspecified atom stereocenters. The molecule has 0 aliphatic rings. The van der Waals surface area contributed by atoms with E-state index in [4.69, 9.17) is 9.07 Å². The van der Waals surface area contributed by atoms with Crippen molar-refractivity contribution in [3.8, 4) is 0 Å². The van der Waals surface area contributed by atoms with E-state index in [1.165, 1.54) is 11.1 Å². The summed E-state index contributed by atoms with van der Waals surface area (Å²) in [4.78, 5) is 2.21. The van der Waals surface area contributed by atoms with Crippen molar-refractivity contribution in [1.82, 2.24) is 4.90 Å². The molecule has 0 radical (unpaired) electrons. The highest BCUT2D eigenvalue weighted by Gasteiger charge is 2.03. The van der Waals surface area contributed by atoms with Crippen molar-refractivity contribution in [2.45, 2.75) is 11.5 Å². The molecule has 1 atom stereocenters. The van der Waals surface area contributed by atoms with E-state index in [1.54, 1.807) is 0 Å². The van der Waals surface area contributed by atoms with Crippen LogP contribution in [0.25, 0.3) is 0 Å². The molecular formula is C6H14ClMgN. The lowest BCUT2D eigenvalue weighted by molar-refractivity contribution is 0.354. The van der Waals surface area contributed by atoms with Crippen LogP contribution in [0.1, 0.15) is 6.92 Å². The molecule has 0 fully saturated rings. The summed E-state index contributed by atoms with van der Waals surface area (Å²) in [7, 11) is 9.91. The predicted octanol–water partition coefficient (Wildman–Crippen LogP) is 1.46. The van der Waals surface area contributed by atoms with Crippen molar-refractivity contribution in [2.24, 2.45) is 5.92 Å². The Bertz CT molecular complexity index is 68.1. The summed E-state index contributed by atoms with van der Waals surface area (Å²) in [5.41, 5.74) is 0. The SMILES string of the molecule is CC([CH2][Mg][Cl])CN(C)C. The van der Waals surface area contributed by atoms with Gasteiger partial charge in [-0.05, 0) is 20.6 Å². The molecule has 0 aromatic heterocycles. The molecule has 3 heteroatoms. The van der Waals surface area contributed by atoms with Gasteiger partial charge in [-0.15, -0.1) is 4.55 Å². The molecule has 0 saturated carbocycles. The summed E-state index contributed by atoms with van der Waals surface area (Å²) in [5.74, 6) is 0.796. The van der Waals surface area contributed by atoms with Crippen LogP contribution in [-0.4, -0.2) is 44.8 Å². The maximum absolute atomic E-state index is 5.70. The average Bonchev–Trinajstić information content (AvgIpc) is 1.63. The van der Waals surface area contributed by atoms with Crippen LogP contribution in [0.15, 0.2) is 0 Å². The van der Waals surface area contributed by atoms with Crippen molar-refractivity contribution >= 4 is 28.3 Å². The number of hydrogen-bond acceptors (Lipinski definition) is 1. The number of hydrogen-bond donors (Lipinski definition) is 0. The summed E-state index contributed by atoms with van der Waals surface area (Å²) in [6, 6.07) is 0. The van der Waals surface area contributed by atoms with Crippen molar-refractivity contribution < 1.29 is 0 Å². The van der Waals surface area contributed by atoms with Crippen LogP contribution >= 0.6 is 9.07 Å². The minimum Gasteiger partial charge on any atom is -0.346 e. The molecule has 0 rings (SSSR count). The fourth-order valence-electron chi connectivity index (χ4n) is 0.901. The lowest BCUT2D eigenvalue weighted by atomic mass is 10.2. The van der Waals surface area contributed by atoms with Gasteiger partial charge in [-0.3, -0.25) is 0 Å². The van der Waals surface area contributed by atoms with Crippen molar-refractivity contribution in [1.29, 1.82) is 0 Å². The first-order valence-electron chi connectivity index (χ1n) is 3.37. The Morgan fingerprint density at radius 3 is 2.44 bits per heavy atom. The number of rotatable bonds is 4. The third kappa shape index (κ3) is 6.91. The Balaban J connectivity index is 3.15. The van der Waals surface area contributed by atoms with Gasteiger partial charge in [-0.2, -0.15) is 0 Å². The van der Waals surface area contributed by atoms with Crippen LogP contribution in [0, 0.1) is 5.92 Å². The Hall–Kier alpha value is 1.02. The summed E-state index contributed by atoms with van der Waals surface area (Å²) in [6.07, 6.45) is 0. The van der Waals surface area contributed by atoms with Crippen molar-refractivity contribution in [2.75, 3.05) is 20.6 Å². The first-order chi connectivity index (χ1) is 4.16. The Morgan fingerprint density at radius 1 is 1.56 bits per heavy atom. The predicted molar refractivity (Wildman–Crippen MR) is 44.1 cm³/mol. The monoisotopic (exact) mass is 159 g/mol. The zero-order valence-electron chi connectivity index (χ0n) is 6.52. The third-order valence-corrected chi connectivity index (χ3v) is 3.14. The molecule has 0 aliphatic carbocycles. The highest BCUT2D eigenvalue weighted by atomic mass is 35.5. The van der Waals surface area contributed by atoms with Gasteiger partial charge in [0, 0.05) is 0 Å². The summed E-state index contributed by atoms with van der Waals surface area (Å²) >= 11 is -0.231. The van der Waals surface area contributed by atoms with E-state index in [1.807, 2.05) is 0 Å². The summed E-state index contributed by atoms with van der Waals surface area (Å²) < 4.78 is 1.26. The highest BCUT2D eigenvalue weighted by molar-refractivity contribution is 6.93. The van der Waals surface area contributed by atoms with E-state index in [0.29, 0.717) is 0 Å². The molecule has 0 aromatic rings. The molecule has 0 heterocycles. The van der Waals surface area contributed by atoms with Gasteiger partial charge in [-0.1, -0.05) is 12.8 Å². The summed E-state index contributed by atoms with van der Waals surface area (Å²) in [6.45, 7) is 3.44. The first-order valence-corrected chi connectivity index (χ1v) is 6.51. The van der Waals surface area contributed by atoms with Crippen LogP contribution in [0.4, 0.5) is 0 Å². The zero-order valence-corrected chi connectivity index (χ0v) is 8.69. The van der Waals surface area contributed by atoms with Gasteiger partial charge in [0.25, 0.3) is 0 Å². The molecule has 0 N–H and O–H groups in total. The molecular weight excluding hydrogens is 146 g/mol. The van der Waals surface area contributed by atoms with Gasteiger partial charge in [0.2, 0.25) is 0 Å². The Morgan fingerprint density at radius 2 is 2.11 bits per heavy atom. The maximum Gasteiger partial charge on any atom is 0.501 e. The zero-order chi connectivity index (χ0) is 7.28.